The van der Waals surface area contributed by atoms with E-state index < -0.39 is 11.9 Å². The Hall–Kier alpha value is -2.11. The molecular weight excluding hydrogens is 1630 g/mol. The average Bonchev–Trinajstić information content (AvgIpc) is 0.937. The second-order valence-electron chi connectivity index (χ2n) is 39.8. The van der Waals surface area contributed by atoms with Crippen LogP contribution in [0.2, 0.25) is 0 Å². The summed E-state index contributed by atoms with van der Waals surface area (Å²) < 4.78 is 25.1. The summed E-state index contributed by atoms with van der Waals surface area (Å²) in [6, 6.07) is 0. The SMILES string of the molecule is CCC(C)(C)C(=O)NCCCCCCCCCCCC(=O)[O-].CCC(C)(C)C(=O)NCCCCCCCCCCCC(=O)[O-].CCC(C)(C)C(=O)NCCCN(C)C.CCC(C)(C)C(=O)OC.CCC(C)(C)C(=O)OC.CCC(C)(C)C(=O)OCCNC(C)(C)C.CCCCC(CC)COC(=O)C(C)(C)CC.CCCCC(CC)COC(=O)C(C)(C)CC.[K+].[K+]. The van der Waals surface area contributed by atoms with Crippen LogP contribution in [0.4, 0.5) is 0 Å². The molecule has 0 aromatic heterocycles. The van der Waals surface area contributed by atoms with E-state index in [1.165, 1.54) is 104 Å². The van der Waals surface area contributed by atoms with E-state index in [9.17, 15) is 58.2 Å². The van der Waals surface area contributed by atoms with Gasteiger partial charge in [-0.3, -0.25) is 38.4 Å². The molecule has 24 heteroatoms. The normalized spacial score (nSPS) is 11.9. The van der Waals surface area contributed by atoms with Gasteiger partial charge in [0.25, 0.3) is 0 Å². The van der Waals surface area contributed by atoms with E-state index in [-0.39, 0.29) is 212 Å². The number of hydrogen-bond donors (Lipinski definition) is 4. The summed E-state index contributed by atoms with van der Waals surface area (Å²) in [4.78, 5) is 115. The van der Waals surface area contributed by atoms with Crippen LogP contribution < -0.4 is 134 Å². The molecule has 0 aromatic rings. The zero-order valence-electron chi connectivity index (χ0n) is 88.9. The van der Waals surface area contributed by atoms with Crippen LogP contribution in [0.1, 0.15) is 452 Å². The first kappa shape index (κ1) is 143. The Morgan fingerprint density at radius 3 is 0.744 bits per heavy atom. The number of hydrogen-bond acceptors (Lipinski definition) is 19. The van der Waals surface area contributed by atoms with E-state index in [0.717, 1.165) is 161 Å². The molecule has 0 spiro atoms. The molecule has 0 heterocycles. The zero-order chi connectivity index (χ0) is 97.2. The van der Waals surface area contributed by atoms with Crippen LogP contribution in [-0.2, 0) is 71.6 Å². The van der Waals surface area contributed by atoms with Crippen molar-refractivity contribution in [1.29, 1.82) is 0 Å². The van der Waals surface area contributed by atoms with Crippen molar-refractivity contribution < 1.29 is 185 Å². The molecule has 0 saturated carbocycles. The summed E-state index contributed by atoms with van der Waals surface area (Å²) in [5, 5.41) is 32.7. The minimum absolute atomic E-state index is 0. The number of carbonyl (C=O) groups excluding carboxylic acids is 10. The number of carboxylic acids is 2. The van der Waals surface area contributed by atoms with Gasteiger partial charge in [0, 0.05) is 59.9 Å². The van der Waals surface area contributed by atoms with E-state index in [4.69, 9.17) is 14.2 Å². The molecule has 0 saturated heterocycles. The van der Waals surface area contributed by atoms with Crippen molar-refractivity contribution in [2.75, 3.05) is 80.9 Å². The van der Waals surface area contributed by atoms with E-state index in [1.807, 2.05) is 180 Å². The topological polar surface area (TPSA) is 314 Å². The van der Waals surface area contributed by atoms with Gasteiger partial charge in [0.15, 0.2) is 0 Å². The van der Waals surface area contributed by atoms with Crippen molar-refractivity contribution in [1.82, 2.24) is 26.2 Å². The largest absolute Gasteiger partial charge is 1.00 e. The first-order chi connectivity index (χ1) is 56.9. The van der Waals surface area contributed by atoms with E-state index in [1.54, 1.807) is 0 Å². The number of unbranched alkanes of at least 4 members (excludes halogenated alkanes) is 18. The van der Waals surface area contributed by atoms with Gasteiger partial charge in [0.2, 0.25) is 17.7 Å². The number of ether oxygens (including phenoxy) is 5. The van der Waals surface area contributed by atoms with Crippen LogP contribution in [0.15, 0.2) is 0 Å². The van der Waals surface area contributed by atoms with Crippen molar-refractivity contribution in [3.05, 3.63) is 0 Å². The van der Waals surface area contributed by atoms with Crippen LogP contribution in [0.3, 0.4) is 0 Å². The number of methoxy groups -OCH3 is 2. The molecular formula is C101H201K2N5O17. The van der Waals surface area contributed by atoms with Crippen molar-refractivity contribution in [2.24, 2.45) is 55.2 Å². The molecule has 0 aromatic carbocycles. The maximum Gasteiger partial charge on any atom is 1.00 e. The van der Waals surface area contributed by atoms with Crippen LogP contribution in [-0.4, -0.2) is 151 Å². The second kappa shape index (κ2) is 84.9. The Balaban J connectivity index is -0.000000153. The predicted molar refractivity (Wildman–Crippen MR) is 508 cm³/mol. The van der Waals surface area contributed by atoms with E-state index in [0.29, 0.717) is 38.2 Å². The molecule has 125 heavy (non-hydrogen) atoms. The number of nitrogens with zero attached hydrogens (tertiary/aromatic N) is 1. The molecule has 734 valence electrons. The maximum absolute atomic E-state index is 11.8. The summed E-state index contributed by atoms with van der Waals surface area (Å²) in [5.41, 5.74) is -2.30. The molecule has 0 rings (SSSR count). The maximum atomic E-state index is 11.8. The summed E-state index contributed by atoms with van der Waals surface area (Å²) in [7, 11) is 6.91. The standard InChI is InChI=1S/2C18H35NO3.2C14H28O2.C12H25NO2.C11H24N2O.2C7H14O2.2K/c2*1-4-18(2,3)17(22)19-15-13-11-9-7-5-6-8-10-12-14-16(20)21;2*1-6-9-10-12(7-2)11-16-13(15)14(4,5)8-3;1-7-12(5,6)10(14)15-9-8-13-11(2,3)4;1-6-11(2,3)10(14)12-8-7-9-13(4)5;2*1-5-7(2,3)6(8)9-4;;/h2*4-15H2,1-3H3,(H,19,22)(H,20,21);2*12H,6-11H2,1-5H3;13H,7-9H2,1-6H3;6-9H2,1-5H3,(H,12,14);2*5H2,1-4H3;;/q;;;;;;;;2*+1/p-2. The molecule has 2 unspecified atom stereocenters. The van der Waals surface area contributed by atoms with Gasteiger partial charge in [0.05, 0.1) is 54.5 Å². The molecule has 0 aliphatic heterocycles. The number of esters is 5. The Labute approximate surface area is 855 Å². The number of rotatable bonds is 59. The van der Waals surface area contributed by atoms with Gasteiger partial charge in [0.1, 0.15) is 6.61 Å². The molecule has 0 fully saturated rings. The van der Waals surface area contributed by atoms with Gasteiger partial charge in [-0.05, 0) is 232 Å². The quantitative estimate of drug-likeness (QED) is 0.0190. The molecule has 0 radical (unpaired) electrons. The van der Waals surface area contributed by atoms with Crippen molar-refractivity contribution in [2.45, 2.75) is 458 Å². The van der Waals surface area contributed by atoms with Gasteiger partial charge < -0.3 is 69.7 Å². The van der Waals surface area contributed by atoms with Crippen molar-refractivity contribution >= 4 is 59.5 Å². The van der Waals surface area contributed by atoms with Crippen LogP contribution in [0, 0.1) is 55.2 Å². The number of amides is 3. The molecule has 2 atom stereocenters. The van der Waals surface area contributed by atoms with Gasteiger partial charge in [-0.2, -0.15) is 0 Å². The smallest absolute Gasteiger partial charge is 0.550 e. The van der Waals surface area contributed by atoms with Gasteiger partial charge in [-0.15, -0.1) is 0 Å². The molecule has 4 N–H and O–H groups in total. The number of carboxylic acid groups (broad SMARTS) is 2. The monoisotopic (exact) mass is 1830 g/mol. The Bertz CT molecular complexity index is 2540. The predicted octanol–water partition coefficient (Wildman–Crippen LogP) is 15.8. The molecule has 0 bridgehead atoms. The first-order valence-corrected chi connectivity index (χ1v) is 48.2. The zero-order valence-corrected chi connectivity index (χ0v) is 95.1. The molecule has 0 aliphatic rings. The first-order valence-electron chi connectivity index (χ1n) is 48.2. The summed E-state index contributed by atoms with van der Waals surface area (Å²) in [6.07, 6.45) is 37.4. The molecule has 22 nitrogen and oxygen atoms in total. The van der Waals surface area contributed by atoms with Crippen LogP contribution >= 0.6 is 0 Å². The number of aliphatic carboxylic acids is 2. The third-order valence-corrected chi connectivity index (χ3v) is 23.8. The van der Waals surface area contributed by atoms with Crippen molar-refractivity contribution in [3.63, 3.8) is 0 Å². The van der Waals surface area contributed by atoms with Crippen molar-refractivity contribution in [3.8, 4) is 0 Å². The average molecular weight is 1840 g/mol. The third kappa shape index (κ3) is 88.3. The molecule has 0 aliphatic carbocycles. The van der Waals surface area contributed by atoms with Crippen LogP contribution in [0.5, 0.6) is 0 Å². The Kier molecular flexibility index (Phi) is 97.3. The number of nitrogens with one attached hydrogen (secondary N) is 4. The molecule has 3 amide bonds. The van der Waals surface area contributed by atoms with E-state index in [2.05, 4.69) is 84.1 Å². The summed E-state index contributed by atoms with van der Waals surface area (Å²) >= 11 is 0. The van der Waals surface area contributed by atoms with Gasteiger partial charge >= 0.3 is 133 Å². The van der Waals surface area contributed by atoms with Crippen LogP contribution in [0.25, 0.3) is 0 Å². The Morgan fingerprint density at radius 1 is 0.304 bits per heavy atom. The number of carbonyl (C=O) groups is 10. The van der Waals surface area contributed by atoms with Gasteiger partial charge in [-0.25, -0.2) is 0 Å². The minimum Gasteiger partial charge on any atom is -0.550 e. The van der Waals surface area contributed by atoms with E-state index >= 15 is 0 Å². The third-order valence-electron chi connectivity index (χ3n) is 23.8. The minimum atomic E-state index is -0.936. The fourth-order valence-corrected chi connectivity index (χ4v) is 10.1. The van der Waals surface area contributed by atoms with Gasteiger partial charge in [-0.1, -0.05) is 253 Å². The summed E-state index contributed by atoms with van der Waals surface area (Å²) in [6.45, 7) is 67.8. The summed E-state index contributed by atoms with van der Waals surface area (Å²) in [5.74, 6) is -0.792. The fourth-order valence-electron chi connectivity index (χ4n) is 10.1. The second-order valence-corrected chi connectivity index (χ2v) is 39.8. The Morgan fingerprint density at radius 2 is 0.536 bits per heavy atom. The fraction of sp³-hybridized carbons (Fsp3) is 0.901.